The number of piperidine rings is 1. The molecule has 150 valence electrons. The summed E-state index contributed by atoms with van der Waals surface area (Å²) in [6, 6.07) is 5.43. The molecule has 2 aromatic rings. The van der Waals surface area contributed by atoms with E-state index in [0.29, 0.717) is 34.4 Å². The third-order valence-corrected chi connectivity index (χ3v) is 5.01. The van der Waals surface area contributed by atoms with Crippen molar-refractivity contribution in [1.82, 2.24) is 9.88 Å². The summed E-state index contributed by atoms with van der Waals surface area (Å²) in [4.78, 5) is 18.9. The predicted molar refractivity (Wildman–Crippen MR) is 108 cm³/mol. The van der Waals surface area contributed by atoms with Crippen molar-refractivity contribution >= 4 is 17.3 Å². The lowest BCUT2D eigenvalue weighted by atomic mass is 9.99. The number of anilines is 2. The zero-order valence-electron chi connectivity index (χ0n) is 16.8. The van der Waals surface area contributed by atoms with Crippen molar-refractivity contribution in [3.05, 3.63) is 36.2 Å². The van der Waals surface area contributed by atoms with Crippen LogP contribution in [0.2, 0.25) is 0 Å². The van der Waals surface area contributed by atoms with Gasteiger partial charge in [0.05, 0.1) is 38.8 Å². The minimum atomic E-state index is 0.0212. The SMILES string of the molecule is COc1cc(Nc2cncc(C(=O)N3CCC(C)CC3)c2)cc(OC)c1OC. The van der Waals surface area contributed by atoms with Gasteiger partial charge in [-0.2, -0.15) is 0 Å². The van der Waals surface area contributed by atoms with E-state index in [2.05, 4.69) is 17.2 Å². The molecule has 0 aliphatic carbocycles. The van der Waals surface area contributed by atoms with Crippen LogP contribution in [0.25, 0.3) is 0 Å². The zero-order chi connectivity index (χ0) is 20.1. The molecule has 1 aliphatic rings. The normalized spacial score (nSPS) is 14.5. The lowest BCUT2D eigenvalue weighted by Gasteiger charge is -2.30. The number of carbonyl (C=O) groups is 1. The summed E-state index contributed by atoms with van der Waals surface area (Å²) in [5.41, 5.74) is 2.03. The Hall–Kier alpha value is -2.96. The van der Waals surface area contributed by atoms with E-state index in [-0.39, 0.29) is 5.91 Å². The van der Waals surface area contributed by atoms with E-state index < -0.39 is 0 Å². The third-order valence-electron chi connectivity index (χ3n) is 5.01. The molecular formula is C21H27N3O4. The number of benzene rings is 1. The second-order valence-electron chi connectivity index (χ2n) is 6.98. The van der Waals surface area contributed by atoms with Gasteiger partial charge in [0.2, 0.25) is 5.75 Å². The van der Waals surface area contributed by atoms with E-state index in [4.69, 9.17) is 14.2 Å². The number of carbonyl (C=O) groups excluding carboxylic acids is 1. The van der Waals surface area contributed by atoms with Crippen LogP contribution in [-0.4, -0.2) is 50.2 Å². The Balaban J connectivity index is 1.80. The molecule has 7 heteroatoms. The fraction of sp³-hybridized carbons (Fsp3) is 0.429. The van der Waals surface area contributed by atoms with Crippen LogP contribution < -0.4 is 19.5 Å². The highest BCUT2D eigenvalue weighted by Crippen LogP contribution is 2.40. The van der Waals surface area contributed by atoms with Crippen LogP contribution in [0.4, 0.5) is 11.4 Å². The highest BCUT2D eigenvalue weighted by molar-refractivity contribution is 5.95. The Kier molecular flexibility index (Phi) is 6.23. The molecule has 1 saturated heterocycles. The molecule has 7 nitrogen and oxygen atoms in total. The molecule has 0 atom stereocenters. The average Bonchev–Trinajstić information content (AvgIpc) is 2.73. The number of methoxy groups -OCH3 is 3. The maximum Gasteiger partial charge on any atom is 0.255 e. The first-order valence-electron chi connectivity index (χ1n) is 9.37. The molecule has 1 aromatic heterocycles. The van der Waals surface area contributed by atoms with Gasteiger partial charge in [-0.3, -0.25) is 9.78 Å². The van der Waals surface area contributed by atoms with Crippen LogP contribution in [0.15, 0.2) is 30.6 Å². The molecule has 28 heavy (non-hydrogen) atoms. The molecule has 0 bridgehead atoms. The van der Waals surface area contributed by atoms with Gasteiger partial charge in [0.25, 0.3) is 5.91 Å². The van der Waals surface area contributed by atoms with Crippen molar-refractivity contribution in [2.24, 2.45) is 5.92 Å². The smallest absolute Gasteiger partial charge is 0.255 e. The number of nitrogens with zero attached hydrogens (tertiary/aromatic N) is 2. The second kappa shape index (κ2) is 8.82. The van der Waals surface area contributed by atoms with Gasteiger partial charge in [0.1, 0.15) is 0 Å². The van der Waals surface area contributed by atoms with Crippen LogP contribution >= 0.6 is 0 Å². The fourth-order valence-corrected chi connectivity index (χ4v) is 3.34. The summed E-state index contributed by atoms with van der Waals surface area (Å²) in [5, 5.41) is 3.26. The molecule has 0 radical (unpaired) electrons. The molecule has 0 unspecified atom stereocenters. The Morgan fingerprint density at radius 2 is 1.64 bits per heavy atom. The quantitative estimate of drug-likeness (QED) is 0.817. The highest BCUT2D eigenvalue weighted by Gasteiger charge is 2.22. The Bertz CT molecular complexity index is 807. The molecule has 0 saturated carbocycles. The molecule has 1 N–H and O–H groups in total. The number of nitrogens with one attached hydrogen (secondary N) is 1. The van der Waals surface area contributed by atoms with Crippen molar-refractivity contribution in [1.29, 1.82) is 0 Å². The average molecular weight is 385 g/mol. The maximum atomic E-state index is 12.8. The van der Waals surface area contributed by atoms with E-state index in [0.717, 1.165) is 31.6 Å². The molecular weight excluding hydrogens is 358 g/mol. The first kappa shape index (κ1) is 19.8. The molecule has 3 rings (SSSR count). The van der Waals surface area contributed by atoms with Crippen LogP contribution in [0.1, 0.15) is 30.1 Å². The number of aromatic nitrogens is 1. The summed E-state index contributed by atoms with van der Waals surface area (Å²) >= 11 is 0. The number of hydrogen-bond donors (Lipinski definition) is 1. The van der Waals surface area contributed by atoms with Crippen molar-refractivity contribution in [2.75, 3.05) is 39.7 Å². The summed E-state index contributed by atoms with van der Waals surface area (Å²) < 4.78 is 16.1. The van der Waals surface area contributed by atoms with E-state index in [1.807, 2.05) is 23.1 Å². The highest BCUT2D eigenvalue weighted by atomic mass is 16.5. The van der Waals surface area contributed by atoms with Gasteiger partial charge in [-0.05, 0) is 24.8 Å². The molecule has 1 aliphatic heterocycles. The number of likely N-dealkylation sites (tertiary alicyclic amines) is 1. The van der Waals surface area contributed by atoms with E-state index >= 15 is 0 Å². The maximum absolute atomic E-state index is 12.8. The molecule has 0 spiro atoms. The number of amides is 1. The van der Waals surface area contributed by atoms with Gasteiger partial charge in [-0.25, -0.2) is 0 Å². The van der Waals surface area contributed by atoms with Crippen LogP contribution in [0, 0.1) is 5.92 Å². The Morgan fingerprint density at radius 1 is 1.00 bits per heavy atom. The zero-order valence-corrected chi connectivity index (χ0v) is 16.8. The lowest BCUT2D eigenvalue weighted by molar-refractivity contribution is 0.0697. The van der Waals surface area contributed by atoms with E-state index in [1.165, 1.54) is 0 Å². The van der Waals surface area contributed by atoms with Crippen LogP contribution in [-0.2, 0) is 0 Å². The van der Waals surface area contributed by atoms with Gasteiger partial charge in [-0.15, -0.1) is 0 Å². The molecule has 1 aromatic carbocycles. The second-order valence-corrected chi connectivity index (χ2v) is 6.98. The van der Waals surface area contributed by atoms with Crippen molar-refractivity contribution in [3.63, 3.8) is 0 Å². The topological polar surface area (TPSA) is 72.9 Å². The fourth-order valence-electron chi connectivity index (χ4n) is 3.34. The van der Waals surface area contributed by atoms with E-state index in [9.17, 15) is 4.79 Å². The third kappa shape index (κ3) is 4.30. The molecule has 2 heterocycles. The largest absolute Gasteiger partial charge is 0.493 e. The molecule has 1 amide bonds. The van der Waals surface area contributed by atoms with Crippen LogP contribution in [0.5, 0.6) is 17.2 Å². The standard InChI is InChI=1S/C21H27N3O4/c1-14-5-7-24(8-6-14)21(25)15-9-17(13-22-12-15)23-16-10-18(26-2)20(28-4)19(11-16)27-3/h9-14,23H,5-8H2,1-4H3. The van der Waals surface area contributed by atoms with Gasteiger partial charge in [0, 0.05) is 37.1 Å². The first-order chi connectivity index (χ1) is 13.5. The number of rotatable bonds is 6. The van der Waals surface area contributed by atoms with Crippen LogP contribution in [0.3, 0.4) is 0 Å². The Labute approximate surface area is 165 Å². The summed E-state index contributed by atoms with van der Waals surface area (Å²) in [6.07, 6.45) is 5.38. The molecule has 1 fully saturated rings. The summed E-state index contributed by atoms with van der Waals surface area (Å²) in [6.45, 7) is 3.82. The van der Waals surface area contributed by atoms with Gasteiger partial charge in [-0.1, -0.05) is 6.92 Å². The van der Waals surface area contributed by atoms with Gasteiger partial charge < -0.3 is 24.4 Å². The number of ether oxygens (including phenoxy) is 3. The summed E-state index contributed by atoms with van der Waals surface area (Å²) in [7, 11) is 4.70. The van der Waals surface area contributed by atoms with Crippen molar-refractivity contribution < 1.29 is 19.0 Å². The monoisotopic (exact) mass is 385 g/mol. The van der Waals surface area contributed by atoms with Crippen molar-refractivity contribution in [2.45, 2.75) is 19.8 Å². The first-order valence-corrected chi connectivity index (χ1v) is 9.37. The minimum absolute atomic E-state index is 0.0212. The number of hydrogen-bond acceptors (Lipinski definition) is 6. The lowest BCUT2D eigenvalue weighted by Crippen LogP contribution is -2.37. The number of pyridine rings is 1. The minimum Gasteiger partial charge on any atom is -0.493 e. The van der Waals surface area contributed by atoms with Gasteiger partial charge >= 0.3 is 0 Å². The van der Waals surface area contributed by atoms with E-state index in [1.54, 1.807) is 33.7 Å². The van der Waals surface area contributed by atoms with Crippen molar-refractivity contribution in [3.8, 4) is 17.2 Å². The predicted octanol–water partition coefficient (Wildman–Crippen LogP) is 3.72. The summed E-state index contributed by atoms with van der Waals surface area (Å²) in [5.74, 6) is 2.32. The van der Waals surface area contributed by atoms with Gasteiger partial charge in [0.15, 0.2) is 11.5 Å². The Morgan fingerprint density at radius 3 is 2.21 bits per heavy atom.